The summed E-state index contributed by atoms with van der Waals surface area (Å²) in [4.78, 5) is 34.2. The lowest BCUT2D eigenvalue weighted by Gasteiger charge is -2.09. The lowest BCUT2D eigenvalue weighted by atomic mass is 10.1. The number of nitrogens with zero attached hydrogens (tertiary/aromatic N) is 1. The highest BCUT2D eigenvalue weighted by Crippen LogP contribution is 2.06. The Kier molecular flexibility index (Phi) is 5.42. The zero-order valence-electron chi connectivity index (χ0n) is 11.8. The van der Waals surface area contributed by atoms with Gasteiger partial charge in [-0.15, -0.1) is 0 Å². The van der Waals surface area contributed by atoms with E-state index in [1.807, 2.05) is 0 Å². The van der Waals surface area contributed by atoms with Crippen molar-refractivity contribution in [1.29, 1.82) is 0 Å². The summed E-state index contributed by atoms with van der Waals surface area (Å²) in [6.07, 6.45) is 1.01. The molecule has 1 aromatic heterocycles. The van der Waals surface area contributed by atoms with Gasteiger partial charge in [0.25, 0.3) is 11.5 Å². The average Bonchev–Trinajstić information content (AvgIpc) is 2.39. The van der Waals surface area contributed by atoms with Gasteiger partial charge < -0.3 is 10.4 Å². The largest absolute Gasteiger partial charge is 0.481 e. The zero-order chi connectivity index (χ0) is 15.3. The minimum atomic E-state index is -0.853. The second-order valence-electron chi connectivity index (χ2n) is 4.78. The molecular formula is C13H19N3O4. The predicted octanol–water partition coefficient (Wildman–Crippen LogP) is 0.617. The van der Waals surface area contributed by atoms with Gasteiger partial charge in [-0.05, 0) is 32.3 Å². The van der Waals surface area contributed by atoms with E-state index in [4.69, 9.17) is 5.11 Å². The molecule has 0 aliphatic rings. The fraction of sp³-hybridized carbons (Fsp3) is 0.538. The van der Waals surface area contributed by atoms with E-state index in [1.165, 1.54) is 0 Å². The highest BCUT2D eigenvalue weighted by Gasteiger charge is 2.16. The molecular weight excluding hydrogens is 262 g/mol. The molecule has 1 atom stereocenters. The third-order valence-corrected chi connectivity index (χ3v) is 3.22. The summed E-state index contributed by atoms with van der Waals surface area (Å²) >= 11 is 0. The highest BCUT2D eigenvalue weighted by molar-refractivity contribution is 5.95. The second-order valence-corrected chi connectivity index (χ2v) is 4.78. The first kappa shape index (κ1) is 15.9. The van der Waals surface area contributed by atoms with Crippen molar-refractivity contribution in [2.24, 2.45) is 5.92 Å². The predicted molar refractivity (Wildman–Crippen MR) is 72.7 cm³/mol. The number of carbonyl (C=O) groups excluding carboxylic acids is 1. The summed E-state index contributed by atoms with van der Waals surface area (Å²) in [7, 11) is 0. The van der Waals surface area contributed by atoms with E-state index in [0.29, 0.717) is 30.6 Å². The molecule has 3 N–H and O–H groups in total. The topological polar surface area (TPSA) is 112 Å². The van der Waals surface area contributed by atoms with Crippen LogP contribution in [0.2, 0.25) is 0 Å². The van der Waals surface area contributed by atoms with Crippen molar-refractivity contribution in [3.63, 3.8) is 0 Å². The molecule has 20 heavy (non-hydrogen) atoms. The SMILES string of the molecule is Cc1n[nH]c(=O)c(C(=O)NCCCC(C)C(=O)O)c1C. The van der Waals surface area contributed by atoms with Crippen LogP contribution in [-0.2, 0) is 4.79 Å². The molecule has 1 heterocycles. The van der Waals surface area contributed by atoms with Gasteiger partial charge in [0.2, 0.25) is 0 Å². The van der Waals surface area contributed by atoms with E-state index in [-0.39, 0.29) is 5.56 Å². The molecule has 0 aliphatic heterocycles. The van der Waals surface area contributed by atoms with Gasteiger partial charge in [-0.3, -0.25) is 14.4 Å². The van der Waals surface area contributed by atoms with E-state index in [0.717, 1.165) is 0 Å². The molecule has 1 aromatic rings. The number of aromatic amines is 1. The van der Waals surface area contributed by atoms with Gasteiger partial charge in [0.15, 0.2) is 0 Å². The molecule has 110 valence electrons. The van der Waals surface area contributed by atoms with E-state index in [9.17, 15) is 14.4 Å². The minimum Gasteiger partial charge on any atom is -0.481 e. The molecule has 0 saturated heterocycles. The number of amides is 1. The first-order valence-corrected chi connectivity index (χ1v) is 6.41. The Bertz CT molecular complexity index is 565. The van der Waals surface area contributed by atoms with Gasteiger partial charge in [-0.1, -0.05) is 6.92 Å². The monoisotopic (exact) mass is 281 g/mol. The maximum Gasteiger partial charge on any atom is 0.306 e. The minimum absolute atomic E-state index is 0.0591. The number of aryl methyl sites for hydroxylation is 1. The number of hydrogen-bond acceptors (Lipinski definition) is 4. The number of carbonyl (C=O) groups is 2. The number of aromatic nitrogens is 2. The zero-order valence-corrected chi connectivity index (χ0v) is 11.8. The van der Waals surface area contributed by atoms with Crippen LogP contribution in [0.3, 0.4) is 0 Å². The Morgan fingerprint density at radius 1 is 1.40 bits per heavy atom. The Morgan fingerprint density at radius 2 is 2.05 bits per heavy atom. The quantitative estimate of drug-likeness (QED) is 0.662. The maximum absolute atomic E-state index is 11.9. The molecule has 1 unspecified atom stereocenters. The number of carboxylic acid groups (broad SMARTS) is 1. The summed E-state index contributed by atoms with van der Waals surface area (Å²) < 4.78 is 0. The summed E-state index contributed by atoms with van der Waals surface area (Å²) in [5.74, 6) is -1.76. The number of aliphatic carboxylic acids is 1. The molecule has 0 saturated carbocycles. The normalized spacial score (nSPS) is 11.9. The van der Waals surface area contributed by atoms with Crippen LogP contribution in [0.15, 0.2) is 4.79 Å². The van der Waals surface area contributed by atoms with Crippen molar-refractivity contribution in [3.8, 4) is 0 Å². The molecule has 0 bridgehead atoms. The maximum atomic E-state index is 11.9. The molecule has 7 nitrogen and oxygen atoms in total. The lowest BCUT2D eigenvalue weighted by Crippen LogP contribution is -2.32. The fourth-order valence-corrected chi connectivity index (χ4v) is 1.72. The molecule has 1 rings (SSSR count). The number of carboxylic acids is 1. The van der Waals surface area contributed by atoms with Crippen LogP contribution < -0.4 is 10.9 Å². The van der Waals surface area contributed by atoms with Crippen molar-refractivity contribution < 1.29 is 14.7 Å². The molecule has 0 radical (unpaired) electrons. The molecule has 7 heteroatoms. The molecule has 0 aliphatic carbocycles. The number of hydrogen-bond donors (Lipinski definition) is 3. The van der Waals surface area contributed by atoms with Crippen molar-refractivity contribution >= 4 is 11.9 Å². The third kappa shape index (κ3) is 3.91. The number of H-pyrrole nitrogens is 1. The van der Waals surface area contributed by atoms with Crippen LogP contribution in [0, 0.1) is 19.8 Å². The van der Waals surface area contributed by atoms with Crippen molar-refractivity contribution in [2.45, 2.75) is 33.6 Å². The van der Waals surface area contributed by atoms with E-state index < -0.39 is 23.4 Å². The Labute approximate surface area is 116 Å². The van der Waals surface area contributed by atoms with Crippen LogP contribution >= 0.6 is 0 Å². The summed E-state index contributed by atoms with van der Waals surface area (Å²) in [6, 6.07) is 0. The third-order valence-electron chi connectivity index (χ3n) is 3.22. The van der Waals surface area contributed by atoms with Crippen molar-refractivity contribution in [2.75, 3.05) is 6.54 Å². The average molecular weight is 281 g/mol. The van der Waals surface area contributed by atoms with E-state index in [1.54, 1.807) is 20.8 Å². The lowest BCUT2D eigenvalue weighted by molar-refractivity contribution is -0.141. The van der Waals surface area contributed by atoms with E-state index >= 15 is 0 Å². The summed E-state index contributed by atoms with van der Waals surface area (Å²) in [5, 5.41) is 17.4. The van der Waals surface area contributed by atoms with Gasteiger partial charge in [0.1, 0.15) is 5.56 Å². The van der Waals surface area contributed by atoms with Gasteiger partial charge in [-0.25, -0.2) is 5.10 Å². The first-order valence-electron chi connectivity index (χ1n) is 6.41. The second kappa shape index (κ2) is 6.83. The van der Waals surface area contributed by atoms with Crippen LogP contribution in [0.25, 0.3) is 0 Å². The van der Waals surface area contributed by atoms with Crippen LogP contribution in [-0.4, -0.2) is 33.7 Å². The molecule has 0 aromatic carbocycles. The molecule has 0 fully saturated rings. The standard InChI is InChI=1S/C13H19N3O4/c1-7(13(19)20)5-4-6-14-11(17)10-8(2)9(3)15-16-12(10)18/h7H,4-6H2,1-3H3,(H,14,17)(H,16,18)(H,19,20). The summed E-state index contributed by atoms with van der Waals surface area (Å²) in [6.45, 7) is 5.32. The molecule has 1 amide bonds. The number of rotatable bonds is 6. The summed E-state index contributed by atoms with van der Waals surface area (Å²) in [5.41, 5.74) is 0.674. The van der Waals surface area contributed by atoms with Crippen LogP contribution in [0.5, 0.6) is 0 Å². The van der Waals surface area contributed by atoms with Gasteiger partial charge in [0.05, 0.1) is 11.6 Å². The fourth-order valence-electron chi connectivity index (χ4n) is 1.72. The smallest absolute Gasteiger partial charge is 0.306 e. The Morgan fingerprint density at radius 3 is 2.65 bits per heavy atom. The highest BCUT2D eigenvalue weighted by atomic mass is 16.4. The van der Waals surface area contributed by atoms with Gasteiger partial charge >= 0.3 is 5.97 Å². The van der Waals surface area contributed by atoms with Crippen molar-refractivity contribution in [1.82, 2.24) is 15.5 Å². The Balaban J connectivity index is 2.59. The van der Waals surface area contributed by atoms with Gasteiger partial charge in [-0.2, -0.15) is 5.10 Å². The Hall–Kier alpha value is -2.18. The number of nitrogens with one attached hydrogen (secondary N) is 2. The van der Waals surface area contributed by atoms with Crippen LogP contribution in [0.1, 0.15) is 41.4 Å². The van der Waals surface area contributed by atoms with Crippen LogP contribution in [0.4, 0.5) is 0 Å². The van der Waals surface area contributed by atoms with Crippen molar-refractivity contribution in [3.05, 3.63) is 27.2 Å². The first-order chi connectivity index (χ1) is 9.34. The van der Waals surface area contributed by atoms with E-state index in [2.05, 4.69) is 15.5 Å². The van der Waals surface area contributed by atoms with Gasteiger partial charge in [0, 0.05) is 6.54 Å². The molecule has 0 spiro atoms.